The van der Waals surface area contributed by atoms with E-state index in [4.69, 9.17) is 15.7 Å². The van der Waals surface area contributed by atoms with Gasteiger partial charge in [-0.2, -0.15) is 0 Å². The highest BCUT2D eigenvalue weighted by Gasteiger charge is 2.47. The van der Waals surface area contributed by atoms with E-state index in [2.05, 4.69) is 51.0 Å². The number of rotatable bonds is 8. The Bertz CT molecular complexity index is 1180. The van der Waals surface area contributed by atoms with E-state index >= 15 is 0 Å². The van der Waals surface area contributed by atoms with Crippen LogP contribution in [0.3, 0.4) is 0 Å². The summed E-state index contributed by atoms with van der Waals surface area (Å²) >= 11 is 0. The van der Waals surface area contributed by atoms with Crippen LogP contribution in [0.15, 0.2) is 42.5 Å². The van der Waals surface area contributed by atoms with Gasteiger partial charge in [-0.05, 0) is 66.7 Å². The Morgan fingerprint density at radius 3 is 2.51 bits per heavy atom. The highest BCUT2D eigenvalue weighted by Crippen LogP contribution is 2.50. The van der Waals surface area contributed by atoms with Gasteiger partial charge in [-0.15, -0.1) is 0 Å². The molecule has 2 aromatic carbocycles. The number of carbonyl (C=O) groups is 1. The van der Waals surface area contributed by atoms with E-state index in [1.807, 2.05) is 47.4 Å². The first-order valence-corrected chi connectivity index (χ1v) is 16.3. The minimum Gasteiger partial charge on any atom is -0.491 e. The van der Waals surface area contributed by atoms with Crippen LogP contribution in [0.4, 0.5) is 17.1 Å². The molecule has 1 saturated carbocycles. The molecule has 1 aliphatic heterocycles. The molecule has 1 aliphatic carbocycles. The second kappa shape index (κ2) is 10.5. The smallest absolute Gasteiger partial charge is 0.224 e. The van der Waals surface area contributed by atoms with Crippen molar-refractivity contribution in [3.05, 3.63) is 59.4 Å². The molecule has 0 radical (unpaired) electrons. The van der Waals surface area contributed by atoms with E-state index in [1.165, 1.54) is 0 Å². The summed E-state index contributed by atoms with van der Waals surface area (Å²) in [5, 5.41) is 3.91. The van der Waals surface area contributed by atoms with E-state index in [9.17, 15) is 4.79 Å². The molecule has 37 heavy (non-hydrogen) atoms. The van der Waals surface area contributed by atoms with Crippen molar-refractivity contribution in [1.29, 1.82) is 0 Å². The van der Waals surface area contributed by atoms with E-state index in [0.29, 0.717) is 24.8 Å². The minimum atomic E-state index is -1.80. The normalized spacial score (nSPS) is 21.7. The molecule has 198 valence electrons. The van der Waals surface area contributed by atoms with Crippen molar-refractivity contribution >= 4 is 31.3 Å². The number of nitrogens with one attached hydrogen (secondary N) is 1. The fourth-order valence-corrected chi connectivity index (χ4v) is 6.18. The zero-order chi connectivity index (χ0) is 27.0. The van der Waals surface area contributed by atoms with Crippen LogP contribution in [0.25, 0.3) is 4.85 Å². The first-order valence-electron chi connectivity index (χ1n) is 13.4. The van der Waals surface area contributed by atoms with E-state index in [1.54, 1.807) is 6.92 Å². The maximum Gasteiger partial charge on any atom is 0.224 e. The molecule has 1 fully saturated rings. The summed E-state index contributed by atoms with van der Waals surface area (Å²) in [5.74, 6) is 1.57. The summed E-state index contributed by atoms with van der Waals surface area (Å²) in [5.41, 5.74) is 3.47. The summed E-state index contributed by atoms with van der Waals surface area (Å²) in [4.78, 5) is 18.4. The van der Waals surface area contributed by atoms with Crippen molar-refractivity contribution < 1.29 is 14.0 Å². The van der Waals surface area contributed by atoms with Gasteiger partial charge < -0.3 is 19.4 Å². The van der Waals surface area contributed by atoms with Gasteiger partial charge >= 0.3 is 0 Å². The number of fused-ring (bicyclic) bond motifs is 1. The van der Waals surface area contributed by atoms with Crippen LogP contribution >= 0.6 is 0 Å². The minimum absolute atomic E-state index is 0.0185. The molecule has 0 saturated heterocycles. The van der Waals surface area contributed by atoms with Crippen molar-refractivity contribution in [3.8, 4) is 5.75 Å². The second-order valence-corrected chi connectivity index (χ2v) is 16.8. The van der Waals surface area contributed by atoms with Gasteiger partial charge in [-0.25, -0.2) is 4.85 Å². The molecule has 2 aromatic rings. The van der Waals surface area contributed by atoms with Crippen LogP contribution in [-0.4, -0.2) is 33.5 Å². The number of amides is 1. The molecule has 6 nitrogen and oxygen atoms in total. The monoisotopic (exact) mass is 519 g/mol. The van der Waals surface area contributed by atoms with Gasteiger partial charge in [0.1, 0.15) is 12.4 Å². The van der Waals surface area contributed by atoms with Gasteiger partial charge in [0.05, 0.1) is 19.2 Å². The summed E-state index contributed by atoms with van der Waals surface area (Å²) in [7, 11) is -1.80. The zero-order valence-corrected chi connectivity index (χ0v) is 24.3. The highest BCUT2D eigenvalue weighted by molar-refractivity contribution is 6.74. The Morgan fingerprint density at radius 1 is 1.16 bits per heavy atom. The second-order valence-electron chi connectivity index (χ2n) is 12.0. The lowest BCUT2D eigenvalue weighted by atomic mass is 9.79. The number of hydrogen-bond donors (Lipinski definition) is 1. The molecule has 1 N–H and O–H groups in total. The van der Waals surface area contributed by atoms with E-state index < -0.39 is 8.32 Å². The third kappa shape index (κ3) is 5.86. The lowest BCUT2D eigenvalue weighted by molar-refractivity contribution is -0.117. The Morgan fingerprint density at radius 2 is 1.89 bits per heavy atom. The average molecular weight is 520 g/mol. The van der Waals surface area contributed by atoms with Crippen molar-refractivity contribution in [2.45, 2.75) is 77.7 Å². The number of ether oxygens (including phenoxy) is 1. The summed E-state index contributed by atoms with van der Waals surface area (Å²) < 4.78 is 12.3. The van der Waals surface area contributed by atoms with Crippen LogP contribution in [0.5, 0.6) is 5.75 Å². The van der Waals surface area contributed by atoms with Gasteiger partial charge in [0.2, 0.25) is 5.91 Å². The summed E-state index contributed by atoms with van der Waals surface area (Å²) in [6.45, 7) is 23.7. The van der Waals surface area contributed by atoms with Crippen molar-refractivity contribution in [3.63, 3.8) is 0 Å². The topological polar surface area (TPSA) is 55.2 Å². The van der Waals surface area contributed by atoms with Crippen molar-refractivity contribution in [1.82, 2.24) is 0 Å². The Labute approximate surface area is 223 Å². The molecule has 1 heterocycles. The van der Waals surface area contributed by atoms with Gasteiger partial charge in [0, 0.05) is 36.3 Å². The summed E-state index contributed by atoms with van der Waals surface area (Å²) in [6, 6.07) is 13.9. The number of benzene rings is 2. The molecule has 4 rings (SSSR count). The van der Waals surface area contributed by atoms with Gasteiger partial charge in [-0.1, -0.05) is 39.8 Å². The molecule has 0 spiro atoms. The first-order chi connectivity index (χ1) is 17.4. The Hall–Kier alpha value is -2.82. The molecule has 2 aliphatic rings. The first kappa shape index (κ1) is 27.2. The molecule has 3 atom stereocenters. The van der Waals surface area contributed by atoms with Crippen LogP contribution < -0.4 is 15.0 Å². The maximum absolute atomic E-state index is 12.8. The molecular weight excluding hydrogens is 478 g/mol. The lowest BCUT2D eigenvalue weighted by Crippen LogP contribution is -2.51. The van der Waals surface area contributed by atoms with Crippen LogP contribution in [0.1, 0.15) is 59.1 Å². The van der Waals surface area contributed by atoms with Crippen molar-refractivity contribution in [2.24, 2.45) is 11.8 Å². The van der Waals surface area contributed by atoms with Crippen LogP contribution in [0.2, 0.25) is 18.1 Å². The average Bonchev–Trinajstić information content (AvgIpc) is 3.67. The SMILES string of the molecule is [C-]#[N+]c1ccc2c(c1)[C@H](Nc1cccc(OCCO[Si](C)(C)C(C)(C)C)c1)[C@@H](C)[C@H](C1CC1)N2C(C)=O. The van der Waals surface area contributed by atoms with Crippen molar-refractivity contribution in [2.75, 3.05) is 23.4 Å². The van der Waals surface area contributed by atoms with Crippen LogP contribution in [-0.2, 0) is 9.22 Å². The maximum atomic E-state index is 12.8. The van der Waals surface area contributed by atoms with Crippen LogP contribution in [0, 0.1) is 18.4 Å². The van der Waals surface area contributed by atoms with E-state index in [0.717, 1.165) is 35.5 Å². The third-order valence-electron chi connectivity index (χ3n) is 8.32. The predicted octanol–water partition coefficient (Wildman–Crippen LogP) is 7.57. The van der Waals surface area contributed by atoms with Gasteiger partial charge in [-0.3, -0.25) is 4.79 Å². The predicted molar refractivity (Wildman–Crippen MR) is 153 cm³/mol. The Kier molecular flexibility index (Phi) is 7.73. The molecular formula is C30H41N3O3Si. The standard InChI is InChI=1S/C30H41N3O3Si/c1-20-28(26-19-23(31-6)14-15-27(26)33(21(2)34)29(20)22-12-13-22)32-24-10-9-11-25(18-24)35-16-17-36-37(7,8)30(3,4)5/h9-11,14-15,18-20,22,28-29,32H,12-13,16-17H2,1-5,7-8H3/t20-,28-,29-/m1/s1. The Balaban J connectivity index is 1.53. The quantitative estimate of drug-likeness (QED) is 0.222. The van der Waals surface area contributed by atoms with Gasteiger partial charge in [0.25, 0.3) is 0 Å². The lowest BCUT2D eigenvalue weighted by Gasteiger charge is -2.46. The fraction of sp³-hybridized carbons (Fsp3) is 0.533. The fourth-order valence-electron chi connectivity index (χ4n) is 5.15. The molecule has 1 amide bonds. The summed E-state index contributed by atoms with van der Waals surface area (Å²) in [6.07, 6.45) is 2.31. The molecule has 0 unspecified atom stereocenters. The molecule has 7 heteroatoms. The zero-order valence-electron chi connectivity index (χ0n) is 23.3. The molecule has 0 bridgehead atoms. The highest BCUT2D eigenvalue weighted by atomic mass is 28.4. The largest absolute Gasteiger partial charge is 0.491 e. The van der Waals surface area contributed by atoms with Gasteiger partial charge in [0.15, 0.2) is 14.0 Å². The number of nitrogens with zero attached hydrogens (tertiary/aromatic N) is 2. The molecule has 0 aromatic heterocycles. The number of hydrogen-bond acceptors (Lipinski definition) is 4. The van der Waals surface area contributed by atoms with E-state index in [-0.39, 0.29) is 28.9 Å². The number of anilines is 2. The number of carbonyl (C=O) groups excluding carboxylic acids is 1. The third-order valence-corrected chi connectivity index (χ3v) is 12.9.